The maximum absolute atomic E-state index is 13.3. The van der Waals surface area contributed by atoms with Gasteiger partial charge in [0.25, 0.3) is 5.56 Å². The number of benzene rings is 2. The third kappa shape index (κ3) is 3.52. The van der Waals surface area contributed by atoms with E-state index < -0.39 is 0 Å². The van der Waals surface area contributed by atoms with Gasteiger partial charge >= 0.3 is 0 Å². The molecule has 7 nitrogen and oxygen atoms in total. The van der Waals surface area contributed by atoms with E-state index in [0.29, 0.717) is 32.3 Å². The van der Waals surface area contributed by atoms with E-state index in [0.717, 1.165) is 34.0 Å². The summed E-state index contributed by atoms with van der Waals surface area (Å²) >= 11 is 0. The summed E-state index contributed by atoms with van der Waals surface area (Å²) in [5, 5.41) is 0. The van der Waals surface area contributed by atoms with Gasteiger partial charge in [0.15, 0.2) is 11.5 Å². The van der Waals surface area contributed by atoms with Crippen molar-refractivity contribution in [2.24, 2.45) is 0 Å². The topological polar surface area (TPSA) is 59.8 Å². The Morgan fingerprint density at radius 2 is 1.78 bits per heavy atom. The predicted octanol–water partition coefficient (Wildman–Crippen LogP) is 4.03. The van der Waals surface area contributed by atoms with Crippen LogP contribution < -0.4 is 19.9 Å². The van der Waals surface area contributed by atoms with Gasteiger partial charge in [-0.1, -0.05) is 19.1 Å². The Bertz CT molecular complexity index is 1250. The van der Waals surface area contributed by atoms with Gasteiger partial charge in [-0.2, -0.15) is 0 Å². The molecule has 3 aromatic rings. The van der Waals surface area contributed by atoms with Crippen molar-refractivity contribution in [2.75, 3.05) is 18.4 Å². The average molecular weight is 433 g/mol. The van der Waals surface area contributed by atoms with Crippen LogP contribution in [0.25, 0.3) is 0 Å². The van der Waals surface area contributed by atoms with Crippen molar-refractivity contribution in [2.45, 2.75) is 47.3 Å². The number of hydrogen-bond acceptors (Lipinski definition) is 6. The highest BCUT2D eigenvalue weighted by Crippen LogP contribution is 2.34. The van der Waals surface area contributed by atoms with Crippen LogP contribution in [0.2, 0.25) is 0 Å². The number of anilines is 2. The van der Waals surface area contributed by atoms with Gasteiger partial charge in [-0.3, -0.25) is 19.2 Å². The first-order chi connectivity index (χ1) is 15.4. The summed E-state index contributed by atoms with van der Waals surface area (Å²) in [7, 11) is 0. The molecule has 0 fully saturated rings. The molecule has 2 aliphatic heterocycles. The number of fused-ring (bicyclic) bond motifs is 2. The van der Waals surface area contributed by atoms with Crippen LogP contribution in [-0.2, 0) is 19.6 Å². The molecule has 0 bridgehead atoms. The van der Waals surface area contributed by atoms with E-state index in [2.05, 4.69) is 47.9 Å². The summed E-state index contributed by atoms with van der Waals surface area (Å²) < 4.78 is 12.8. The summed E-state index contributed by atoms with van der Waals surface area (Å²) in [5.41, 5.74) is 6.23. The average Bonchev–Trinajstić information content (AvgIpc) is 3.24. The molecule has 1 aromatic heterocycles. The lowest BCUT2D eigenvalue weighted by Gasteiger charge is -2.38. The van der Waals surface area contributed by atoms with E-state index in [1.807, 2.05) is 26.0 Å². The zero-order chi connectivity index (χ0) is 22.4. The molecule has 32 heavy (non-hydrogen) atoms. The van der Waals surface area contributed by atoms with E-state index >= 15 is 0 Å². The van der Waals surface area contributed by atoms with Crippen LogP contribution in [0.5, 0.6) is 11.5 Å². The fourth-order valence-corrected chi connectivity index (χ4v) is 4.42. The SMILES string of the molecule is CCc1c(C)nc2n(c1=O)CN(Cc1ccc3c(c1)OCO3)CN2c1ccc(C)c(C)c1. The third-order valence-electron chi connectivity index (χ3n) is 6.37. The van der Waals surface area contributed by atoms with Gasteiger partial charge in [0.2, 0.25) is 12.7 Å². The van der Waals surface area contributed by atoms with Crippen molar-refractivity contribution in [1.29, 1.82) is 0 Å². The number of aromatic nitrogens is 2. The minimum Gasteiger partial charge on any atom is -0.454 e. The molecule has 7 heteroatoms. The zero-order valence-corrected chi connectivity index (χ0v) is 19.0. The van der Waals surface area contributed by atoms with Gasteiger partial charge in [-0.05, 0) is 68.1 Å². The normalized spacial score (nSPS) is 15.2. The van der Waals surface area contributed by atoms with Gasteiger partial charge in [-0.25, -0.2) is 4.98 Å². The second-order valence-corrected chi connectivity index (χ2v) is 8.56. The van der Waals surface area contributed by atoms with Gasteiger partial charge in [0.05, 0.1) is 13.3 Å². The molecule has 0 unspecified atom stereocenters. The van der Waals surface area contributed by atoms with Crippen molar-refractivity contribution in [1.82, 2.24) is 14.5 Å². The second-order valence-electron chi connectivity index (χ2n) is 8.56. The molecule has 0 radical (unpaired) electrons. The maximum atomic E-state index is 13.3. The Balaban J connectivity index is 1.55. The lowest BCUT2D eigenvalue weighted by molar-refractivity contribution is 0.173. The smallest absolute Gasteiger partial charge is 0.259 e. The van der Waals surface area contributed by atoms with E-state index in [1.54, 1.807) is 4.57 Å². The quantitative estimate of drug-likeness (QED) is 0.621. The maximum Gasteiger partial charge on any atom is 0.259 e. The van der Waals surface area contributed by atoms with Gasteiger partial charge in [0, 0.05) is 23.5 Å². The number of hydrogen-bond donors (Lipinski definition) is 0. The van der Waals surface area contributed by atoms with Crippen molar-refractivity contribution in [3.63, 3.8) is 0 Å². The Kier molecular flexibility index (Phi) is 5.13. The Labute approximate surface area is 187 Å². The standard InChI is InChI=1S/C25H28N4O3/c1-5-21-18(4)26-25-28(20-8-6-16(2)17(3)10-20)13-27(14-29(25)24(21)30)12-19-7-9-22-23(11-19)32-15-31-22/h6-11H,5,12-15H2,1-4H3. The molecule has 5 rings (SSSR count). The first-order valence-corrected chi connectivity index (χ1v) is 11.0. The van der Waals surface area contributed by atoms with Crippen LogP contribution in [0, 0.1) is 20.8 Å². The molecular formula is C25H28N4O3. The minimum atomic E-state index is 0.0409. The van der Waals surface area contributed by atoms with E-state index in [4.69, 9.17) is 14.5 Å². The Morgan fingerprint density at radius 3 is 2.56 bits per heavy atom. The molecule has 0 saturated carbocycles. The van der Waals surface area contributed by atoms with Crippen LogP contribution in [0.15, 0.2) is 41.2 Å². The number of aryl methyl sites for hydroxylation is 3. The molecule has 0 atom stereocenters. The molecular weight excluding hydrogens is 404 g/mol. The van der Waals surface area contributed by atoms with Crippen LogP contribution in [0.1, 0.15) is 34.9 Å². The molecule has 2 aliphatic rings. The molecule has 0 spiro atoms. The molecule has 3 heterocycles. The highest BCUT2D eigenvalue weighted by molar-refractivity contribution is 5.60. The molecule has 2 aromatic carbocycles. The Hall–Kier alpha value is -3.32. The van der Waals surface area contributed by atoms with Crippen LogP contribution in [0.3, 0.4) is 0 Å². The van der Waals surface area contributed by atoms with Crippen LogP contribution in [-0.4, -0.2) is 27.9 Å². The molecule has 0 N–H and O–H groups in total. The minimum absolute atomic E-state index is 0.0409. The first-order valence-electron chi connectivity index (χ1n) is 11.0. The van der Waals surface area contributed by atoms with Gasteiger partial charge in [-0.15, -0.1) is 0 Å². The predicted molar refractivity (Wildman–Crippen MR) is 124 cm³/mol. The van der Waals surface area contributed by atoms with E-state index in [9.17, 15) is 4.79 Å². The summed E-state index contributed by atoms with van der Waals surface area (Å²) in [6, 6.07) is 12.4. The summed E-state index contributed by atoms with van der Waals surface area (Å²) in [6.45, 7) is 10.2. The number of nitrogens with zero attached hydrogens (tertiary/aromatic N) is 4. The summed E-state index contributed by atoms with van der Waals surface area (Å²) in [6.07, 6.45) is 0.670. The monoisotopic (exact) mass is 432 g/mol. The van der Waals surface area contributed by atoms with Crippen molar-refractivity contribution in [3.05, 3.63) is 74.7 Å². The zero-order valence-electron chi connectivity index (χ0n) is 19.0. The second kappa shape index (κ2) is 7.98. The van der Waals surface area contributed by atoms with Crippen molar-refractivity contribution >= 4 is 11.6 Å². The molecule has 166 valence electrons. The van der Waals surface area contributed by atoms with Crippen LogP contribution >= 0.6 is 0 Å². The van der Waals surface area contributed by atoms with Crippen molar-refractivity contribution in [3.8, 4) is 11.5 Å². The van der Waals surface area contributed by atoms with Gasteiger partial charge < -0.3 is 9.47 Å². The fourth-order valence-electron chi connectivity index (χ4n) is 4.42. The Morgan fingerprint density at radius 1 is 0.969 bits per heavy atom. The first kappa shape index (κ1) is 20.6. The van der Waals surface area contributed by atoms with Gasteiger partial charge in [0.1, 0.15) is 0 Å². The summed E-state index contributed by atoms with van der Waals surface area (Å²) in [5.74, 6) is 2.25. The van der Waals surface area contributed by atoms with Crippen molar-refractivity contribution < 1.29 is 9.47 Å². The summed E-state index contributed by atoms with van der Waals surface area (Å²) in [4.78, 5) is 22.6. The van der Waals surface area contributed by atoms with Crippen LogP contribution in [0.4, 0.5) is 11.6 Å². The molecule has 0 amide bonds. The fraction of sp³-hybridized carbons (Fsp3) is 0.360. The largest absolute Gasteiger partial charge is 0.454 e. The van der Waals surface area contributed by atoms with E-state index in [-0.39, 0.29) is 12.4 Å². The molecule has 0 aliphatic carbocycles. The number of ether oxygens (including phenoxy) is 2. The lowest BCUT2D eigenvalue weighted by Crippen LogP contribution is -2.47. The molecule has 0 saturated heterocycles. The highest BCUT2D eigenvalue weighted by Gasteiger charge is 2.28. The number of rotatable bonds is 4. The van der Waals surface area contributed by atoms with E-state index in [1.165, 1.54) is 11.1 Å². The third-order valence-corrected chi connectivity index (χ3v) is 6.37. The highest BCUT2D eigenvalue weighted by atomic mass is 16.7. The lowest BCUT2D eigenvalue weighted by atomic mass is 10.1.